The molecule has 0 radical (unpaired) electrons. The summed E-state index contributed by atoms with van der Waals surface area (Å²) >= 11 is 12.1. The third-order valence-electron chi connectivity index (χ3n) is 4.05. The third-order valence-corrected chi connectivity index (χ3v) is 4.60. The van der Waals surface area contributed by atoms with E-state index >= 15 is 0 Å². The van der Waals surface area contributed by atoms with E-state index in [-0.39, 0.29) is 24.9 Å². The molecule has 0 aromatic heterocycles. The molecule has 2 rings (SSSR count). The van der Waals surface area contributed by atoms with Gasteiger partial charge in [0.1, 0.15) is 0 Å². The minimum absolute atomic E-state index is 0.0860. The van der Waals surface area contributed by atoms with E-state index in [1.807, 2.05) is 32.9 Å². The monoisotopic (exact) mass is 407 g/mol. The first kappa shape index (κ1) is 21.2. The van der Waals surface area contributed by atoms with Crippen LogP contribution in [0, 0.1) is 13.8 Å². The SMILES string of the molecule is CCN(CC(=O)Nc1cc(Cl)ccc1C)CC(=O)Nc1ccc(C)cc1Cl. The highest BCUT2D eigenvalue weighted by atomic mass is 35.5. The number of benzene rings is 2. The van der Waals surface area contributed by atoms with Gasteiger partial charge in [0, 0.05) is 10.7 Å². The first-order chi connectivity index (χ1) is 12.8. The maximum absolute atomic E-state index is 12.3. The molecule has 0 fully saturated rings. The lowest BCUT2D eigenvalue weighted by molar-refractivity contribution is -0.119. The summed E-state index contributed by atoms with van der Waals surface area (Å²) in [5, 5.41) is 6.66. The number of rotatable bonds is 7. The second kappa shape index (κ2) is 9.74. The van der Waals surface area contributed by atoms with Crippen molar-refractivity contribution in [2.75, 3.05) is 30.3 Å². The van der Waals surface area contributed by atoms with Crippen molar-refractivity contribution in [1.82, 2.24) is 4.90 Å². The van der Waals surface area contributed by atoms with Crippen LogP contribution in [0.1, 0.15) is 18.1 Å². The summed E-state index contributed by atoms with van der Waals surface area (Å²) in [6.07, 6.45) is 0. The molecule has 2 amide bonds. The fourth-order valence-electron chi connectivity index (χ4n) is 2.52. The van der Waals surface area contributed by atoms with Gasteiger partial charge in [0.15, 0.2) is 0 Å². The summed E-state index contributed by atoms with van der Waals surface area (Å²) in [5.41, 5.74) is 3.16. The van der Waals surface area contributed by atoms with Gasteiger partial charge >= 0.3 is 0 Å². The zero-order valence-electron chi connectivity index (χ0n) is 15.6. The van der Waals surface area contributed by atoms with Crippen molar-refractivity contribution < 1.29 is 9.59 Å². The average Bonchev–Trinajstić information content (AvgIpc) is 2.60. The second-order valence-electron chi connectivity index (χ2n) is 6.34. The molecule has 7 heteroatoms. The van der Waals surface area contributed by atoms with Gasteiger partial charge in [-0.1, -0.05) is 42.3 Å². The van der Waals surface area contributed by atoms with E-state index in [2.05, 4.69) is 10.6 Å². The van der Waals surface area contributed by atoms with E-state index in [0.29, 0.717) is 28.0 Å². The Balaban J connectivity index is 1.93. The first-order valence-electron chi connectivity index (χ1n) is 8.63. The van der Waals surface area contributed by atoms with Gasteiger partial charge in [0.05, 0.1) is 23.8 Å². The Morgan fingerprint density at radius 1 is 0.926 bits per heavy atom. The molecule has 0 saturated carbocycles. The molecule has 0 unspecified atom stereocenters. The molecule has 0 saturated heterocycles. The molecule has 0 aliphatic rings. The number of hydrogen-bond acceptors (Lipinski definition) is 3. The van der Waals surface area contributed by atoms with Gasteiger partial charge in [-0.2, -0.15) is 0 Å². The van der Waals surface area contributed by atoms with Gasteiger partial charge in [-0.25, -0.2) is 0 Å². The lowest BCUT2D eigenvalue weighted by atomic mass is 10.2. The smallest absolute Gasteiger partial charge is 0.238 e. The maximum Gasteiger partial charge on any atom is 0.238 e. The van der Waals surface area contributed by atoms with E-state index in [1.165, 1.54) is 0 Å². The zero-order valence-corrected chi connectivity index (χ0v) is 17.1. The largest absolute Gasteiger partial charge is 0.325 e. The lowest BCUT2D eigenvalue weighted by Gasteiger charge is -2.20. The van der Waals surface area contributed by atoms with Crippen LogP contribution in [-0.4, -0.2) is 36.3 Å². The zero-order chi connectivity index (χ0) is 20.0. The molecule has 2 N–H and O–H groups in total. The summed E-state index contributed by atoms with van der Waals surface area (Å²) in [5.74, 6) is -0.433. The number of nitrogens with one attached hydrogen (secondary N) is 2. The van der Waals surface area contributed by atoms with Crippen molar-refractivity contribution in [3.63, 3.8) is 0 Å². The average molecular weight is 408 g/mol. The van der Waals surface area contributed by atoms with Crippen molar-refractivity contribution in [3.8, 4) is 0 Å². The quantitative estimate of drug-likeness (QED) is 0.709. The van der Waals surface area contributed by atoms with Crippen LogP contribution in [-0.2, 0) is 9.59 Å². The van der Waals surface area contributed by atoms with Gasteiger partial charge in [0.25, 0.3) is 0 Å². The number of nitrogens with zero attached hydrogens (tertiary/aromatic N) is 1. The highest BCUT2D eigenvalue weighted by molar-refractivity contribution is 6.33. The number of amides is 2. The Morgan fingerprint density at radius 2 is 1.56 bits per heavy atom. The first-order valence-corrected chi connectivity index (χ1v) is 9.38. The minimum Gasteiger partial charge on any atom is -0.325 e. The fourth-order valence-corrected chi connectivity index (χ4v) is 2.97. The van der Waals surface area contributed by atoms with Gasteiger partial charge in [0.2, 0.25) is 11.8 Å². The Labute approximate surface area is 169 Å². The van der Waals surface area contributed by atoms with E-state index in [1.54, 1.807) is 29.2 Å². The Kier molecular flexibility index (Phi) is 7.66. The Hall–Kier alpha value is -2.08. The summed E-state index contributed by atoms with van der Waals surface area (Å²) in [4.78, 5) is 26.4. The van der Waals surface area contributed by atoms with Crippen LogP contribution in [0.4, 0.5) is 11.4 Å². The van der Waals surface area contributed by atoms with Crippen molar-refractivity contribution >= 4 is 46.4 Å². The van der Waals surface area contributed by atoms with Gasteiger partial charge in [-0.15, -0.1) is 0 Å². The van der Waals surface area contributed by atoms with Gasteiger partial charge in [-0.3, -0.25) is 14.5 Å². The van der Waals surface area contributed by atoms with Crippen molar-refractivity contribution in [1.29, 1.82) is 0 Å². The van der Waals surface area contributed by atoms with Crippen LogP contribution >= 0.6 is 23.2 Å². The minimum atomic E-state index is -0.227. The fraction of sp³-hybridized carbons (Fsp3) is 0.300. The summed E-state index contributed by atoms with van der Waals surface area (Å²) in [6.45, 7) is 6.44. The number of halogens is 2. The molecular formula is C20H23Cl2N3O2. The molecule has 2 aromatic rings. The highest BCUT2D eigenvalue weighted by Crippen LogP contribution is 2.23. The van der Waals surface area contributed by atoms with Crippen LogP contribution in [0.2, 0.25) is 10.0 Å². The number of hydrogen-bond donors (Lipinski definition) is 2. The molecule has 0 bridgehead atoms. The van der Waals surface area contributed by atoms with E-state index in [0.717, 1.165) is 11.1 Å². The summed E-state index contributed by atoms with van der Waals surface area (Å²) in [7, 11) is 0. The molecule has 2 aromatic carbocycles. The van der Waals surface area contributed by atoms with Gasteiger partial charge in [-0.05, 0) is 55.8 Å². The van der Waals surface area contributed by atoms with Crippen LogP contribution in [0.3, 0.4) is 0 Å². The van der Waals surface area contributed by atoms with Crippen LogP contribution < -0.4 is 10.6 Å². The molecule has 27 heavy (non-hydrogen) atoms. The predicted molar refractivity (Wildman–Crippen MR) is 112 cm³/mol. The Bertz CT molecular complexity index is 840. The molecule has 0 aliphatic carbocycles. The van der Waals surface area contributed by atoms with Crippen LogP contribution in [0.15, 0.2) is 36.4 Å². The van der Waals surface area contributed by atoms with E-state index in [9.17, 15) is 9.59 Å². The third kappa shape index (κ3) is 6.54. The highest BCUT2D eigenvalue weighted by Gasteiger charge is 2.15. The number of anilines is 2. The molecule has 0 heterocycles. The summed E-state index contributed by atoms with van der Waals surface area (Å²) < 4.78 is 0. The summed E-state index contributed by atoms with van der Waals surface area (Å²) in [6, 6.07) is 10.7. The molecular weight excluding hydrogens is 385 g/mol. The Morgan fingerprint density at radius 3 is 2.15 bits per heavy atom. The van der Waals surface area contributed by atoms with Crippen LogP contribution in [0.25, 0.3) is 0 Å². The van der Waals surface area contributed by atoms with Crippen molar-refractivity contribution in [2.24, 2.45) is 0 Å². The number of aryl methyl sites for hydroxylation is 2. The van der Waals surface area contributed by atoms with Crippen molar-refractivity contribution in [2.45, 2.75) is 20.8 Å². The maximum atomic E-state index is 12.3. The van der Waals surface area contributed by atoms with Gasteiger partial charge < -0.3 is 10.6 Å². The molecule has 5 nitrogen and oxygen atoms in total. The predicted octanol–water partition coefficient (Wildman–Crippen LogP) is 4.51. The van der Waals surface area contributed by atoms with E-state index in [4.69, 9.17) is 23.2 Å². The standard InChI is InChI=1S/C20H23Cl2N3O2/c1-4-25(11-19(26)23-17-8-5-13(2)9-16(17)22)12-20(27)24-18-10-15(21)7-6-14(18)3/h5-10H,4,11-12H2,1-3H3,(H,23,26)(H,24,27). The lowest BCUT2D eigenvalue weighted by Crippen LogP contribution is -2.38. The molecule has 0 spiro atoms. The van der Waals surface area contributed by atoms with Crippen molar-refractivity contribution in [3.05, 3.63) is 57.6 Å². The topological polar surface area (TPSA) is 61.4 Å². The number of carbonyl (C=O) groups is 2. The number of carbonyl (C=O) groups excluding carboxylic acids is 2. The second-order valence-corrected chi connectivity index (χ2v) is 7.19. The van der Waals surface area contributed by atoms with Crippen LogP contribution in [0.5, 0.6) is 0 Å². The molecule has 144 valence electrons. The molecule has 0 atom stereocenters. The van der Waals surface area contributed by atoms with E-state index < -0.39 is 0 Å². The molecule has 0 aliphatic heterocycles. The normalized spacial score (nSPS) is 10.7. The number of likely N-dealkylation sites (N-methyl/N-ethyl adjacent to an activating group) is 1.